The molecule has 1 heterocycles. The first-order valence-corrected chi connectivity index (χ1v) is 6.94. The van der Waals surface area contributed by atoms with Crippen LogP contribution in [0.25, 0.3) is 0 Å². The number of β-amino-alcohol motifs (C(OH)–C–C–N with tert-alkyl or cyclic N) is 1. The van der Waals surface area contributed by atoms with Crippen LogP contribution >= 0.6 is 11.6 Å². The van der Waals surface area contributed by atoms with E-state index in [9.17, 15) is 9.90 Å². The molecule has 1 unspecified atom stereocenters. The molecule has 1 amide bonds. The molecular weight excluding hydrogens is 280 g/mol. The zero-order chi connectivity index (χ0) is 14.7. The van der Waals surface area contributed by atoms with Crippen LogP contribution in [0.5, 0.6) is 5.75 Å². The largest absolute Gasteiger partial charge is 0.481 e. The highest BCUT2D eigenvalue weighted by molar-refractivity contribution is 6.30. The number of carbonyl (C=O) groups is 1. The van der Waals surface area contributed by atoms with Crippen LogP contribution in [0.3, 0.4) is 0 Å². The van der Waals surface area contributed by atoms with Gasteiger partial charge in [-0.2, -0.15) is 0 Å². The summed E-state index contributed by atoms with van der Waals surface area (Å²) in [6.07, 6.45) is -1.17. The quantitative estimate of drug-likeness (QED) is 0.867. The number of amides is 1. The lowest BCUT2D eigenvalue weighted by Crippen LogP contribution is -2.48. The van der Waals surface area contributed by atoms with E-state index in [-0.39, 0.29) is 11.9 Å². The van der Waals surface area contributed by atoms with E-state index in [1.165, 1.54) is 0 Å². The molecule has 2 rings (SSSR count). The number of halogens is 1. The van der Waals surface area contributed by atoms with Crippen molar-refractivity contribution in [1.29, 1.82) is 0 Å². The first kappa shape index (κ1) is 15.1. The van der Waals surface area contributed by atoms with Crippen LogP contribution in [0.1, 0.15) is 6.92 Å². The van der Waals surface area contributed by atoms with Gasteiger partial charge in [0.2, 0.25) is 0 Å². The van der Waals surface area contributed by atoms with Crippen LogP contribution in [0.4, 0.5) is 0 Å². The molecule has 20 heavy (non-hydrogen) atoms. The van der Waals surface area contributed by atoms with Crippen LogP contribution in [0.15, 0.2) is 24.3 Å². The predicted molar refractivity (Wildman–Crippen MR) is 77.0 cm³/mol. The Balaban J connectivity index is 1.97. The molecule has 3 atom stereocenters. The third-order valence-electron chi connectivity index (χ3n) is 3.45. The lowest BCUT2D eigenvalue weighted by molar-refractivity contribution is -0.140. The monoisotopic (exact) mass is 298 g/mol. The zero-order valence-corrected chi connectivity index (χ0v) is 12.3. The highest BCUT2D eigenvalue weighted by Crippen LogP contribution is 2.19. The Labute approximate surface area is 123 Å². The van der Waals surface area contributed by atoms with Gasteiger partial charge in [0.15, 0.2) is 6.10 Å². The molecule has 0 aliphatic carbocycles. The summed E-state index contributed by atoms with van der Waals surface area (Å²) in [6.45, 7) is 2.79. The van der Waals surface area contributed by atoms with Crippen molar-refractivity contribution in [2.24, 2.45) is 0 Å². The number of nitrogens with zero attached hydrogens (tertiary/aromatic N) is 1. The second-order valence-corrected chi connectivity index (χ2v) is 5.40. The van der Waals surface area contributed by atoms with Gasteiger partial charge in [-0.15, -0.1) is 0 Å². The third-order valence-corrected chi connectivity index (χ3v) is 3.69. The van der Waals surface area contributed by atoms with Gasteiger partial charge in [-0.25, -0.2) is 0 Å². The Morgan fingerprint density at radius 2 is 2.30 bits per heavy atom. The molecule has 1 aromatic rings. The summed E-state index contributed by atoms with van der Waals surface area (Å²) >= 11 is 5.88. The Morgan fingerprint density at radius 1 is 1.55 bits per heavy atom. The fraction of sp³-hybridized carbons (Fsp3) is 0.500. The summed E-state index contributed by atoms with van der Waals surface area (Å²) in [7, 11) is 1.68. The van der Waals surface area contributed by atoms with Crippen molar-refractivity contribution in [3.63, 3.8) is 0 Å². The number of aliphatic hydroxyl groups excluding tert-OH is 1. The Bertz CT molecular complexity index is 483. The lowest BCUT2D eigenvalue weighted by Gasteiger charge is -2.29. The molecule has 0 aromatic heterocycles. The van der Waals surface area contributed by atoms with E-state index < -0.39 is 12.2 Å². The molecule has 0 spiro atoms. The van der Waals surface area contributed by atoms with Crippen molar-refractivity contribution in [2.45, 2.75) is 25.2 Å². The maximum Gasteiger partial charge on any atom is 0.263 e. The second kappa shape index (κ2) is 6.43. The van der Waals surface area contributed by atoms with Crippen LogP contribution in [-0.4, -0.2) is 54.3 Å². The highest BCUT2D eigenvalue weighted by Gasteiger charge is 2.33. The predicted octanol–water partition coefficient (Wildman–Crippen LogP) is 0.898. The molecule has 5 nitrogen and oxygen atoms in total. The Morgan fingerprint density at radius 3 is 2.90 bits per heavy atom. The summed E-state index contributed by atoms with van der Waals surface area (Å²) in [6, 6.07) is 6.71. The fourth-order valence-corrected chi connectivity index (χ4v) is 2.47. The molecular formula is C14H19ClN2O3. The van der Waals surface area contributed by atoms with E-state index in [1.54, 1.807) is 43.1 Å². The van der Waals surface area contributed by atoms with Crippen molar-refractivity contribution in [2.75, 3.05) is 20.1 Å². The maximum absolute atomic E-state index is 12.3. The number of nitrogens with one attached hydrogen (secondary N) is 1. The first-order valence-electron chi connectivity index (χ1n) is 6.56. The summed E-state index contributed by atoms with van der Waals surface area (Å²) < 4.78 is 5.60. The van der Waals surface area contributed by atoms with E-state index in [1.807, 2.05) is 0 Å². The van der Waals surface area contributed by atoms with Crippen molar-refractivity contribution in [3.8, 4) is 5.75 Å². The summed E-state index contributed by atoms with van der Waals surface area (Å²) in [4.78, 5) is 13.8. The van der Waals surface area contributed by atoms with E-state index in [2.05, 4.69) is 5.32 Å². The number of hydrogen-bond acceptors (Lipinski definition) is 4. The van der Waals surface area contributed by atoms with E-state index in [0.717, 1.165) is 0 Å². The molecule has 110 valence electrons. The van der Waals surface area contributed by atoms with Gasteiger partial charge in [0, 0.05) is 25.2 Å². The second-order valence-electron chi connectivity index (χ2n) is 4.96. The van der Waals surface area contributed by atoms with Crippen molar-refractivity contribution < 1.29 is 14.6 Å². The molecule has 1 aromatic carbocycles. The minimum absolute atomic E-state index is 0.169. The van der Waals surface area contributed by atoms with Gasteiger partial charge in [-0.3, -0.25) is 4.79 Å². The summed E-state index contributed by atoms with van der Waals surface area (Å²) in [5.41, 5.74) is 0. The minimum Gasteiger partial charge on any atom is -0.481 e. The van der Waals surface area contributed by atoms with Gasteiger partial charge in [-0.1, -0.05) is 17.7 Å². The van der Waals surface area contributed by atoms with Crippen molar-refractivity contribution in [3.05, 3.63) is 29.3 Å². The van der Waals surface area contributed by atoms with Crippen LogP contribution in [0, 0.1) is 0 Å². The highest BCUT2D eigenvalue weighted by atomic mass is 35.5. The molecule has 1 fully saturated rings. The van der Waals surface area contributed by atoms with Crippen LogP contribution in [0.2, 0.25) is 5.02 Å². The van der Waals surface area contributed by atoms with Gasteiger partial charge in [0.25, 0.3) is 5.91 Å². The molecule has 1 aliphatic heterocycles. The average Bonchev–Trinajstić information content (AvgIpc) is 2.83. The van der Waals surface area contributed by atoms with E-state index in [4.69, 9.17) is 16.3 Å². The van der Waals surface area contributed by atoms with E-state index >= 15 is 0 Å². The molecule has 0 bridgehead atoms. The van der Waals surface area contributed by atoms with Gasteiger partial charge < -0.3 is 20.1 Å². The number of hydrogen-bond donors (Lipinski definition) is 2. The van der Waals surface area contributed by atoms with Crippen LogP contribution < -0.4 is 10.1 Å². The molecule has 0 radical (unpaired) electrons. The van der Waals surface area contributed by atoms with Gasteiger partial charge in [0.1, 0.15) is 5.75 Å². The Kier molecular flexibility index (Phi) is 4.86. The lowest BCUT2D eigenvalue weighted by atomic mass is 10.1. The molecule has 1 saturated heterocycles. The summed E-state index contributed by atoms with van der Waals surface area (Å²) in [5.74, 6) is 0.384. The Hall–Kier alpha value is -1.30. The SMILES string of the molecule is CC(Oc1cccc(Cl)c1)C(=O)N(C)[C@@H]1CNC[C@H]1O. The van der Waals surface area contributed by atoms with Gasteiger partial charge in [-0.05, 0) is 25.1 Å². The van der Waals surface area contributed by atoms with Gasteiger partial charge in [0.05, 0.1) is 12.1 Å². The third kappa shape index (κ3) is 3.42. The number of ether oxygens (including phenoxy) is 1. The number of rotatable bonds is 4. The van der Waals surface area contributed by atoms with Gasteiger partial charge >= 0.3 is 0 Å². The maximum atomic E-state index is 12.3. The van der Waals surface area contributed by atoms with E-state index in [0.29, 0.717) is 23.9 Å². The smallest absolute Gasteiger partial charge is 0.263 e. The molecule has 2 N–H and O–H groups in total. The number of carbonyl (C=O) groups excluding carboxylic acids is 1. The average molecular weight is 299 g/mol. The van der Waals surface area contributed by atoms with Crippen molar-refractivity contribution in [1.82, 2.24) is 10.2 Å². The van der Waals surface area contributed by atoms with Crippen LogP contribution in [-0.2, 0) is 4.79 Å². The zero-order valence-electron chi connectivity index (χ0n) is 11.5. The number of likely N-dealkylation sites (N-methyl/N-ethyl adjacent to an activating group) is 1. The number of aliphatic hydroxyl groups is 1. The first-order chi connectivity index (χ1) is 9.49. The topological polar surface area (TPSA) is 61.8 Å². The molecule has 1 aliphatic rings. The molecule has 6 heteroatoms. The number of benzene rings is 1. The standard InChI is InChI=1S/C14H19ClN2O3/c1-9(20-11-5-3-4-10(15)6-11)14(19)17(2)12-7-16-8-13(12)18/h3-6,9,12-13,16,18H,7-8H2,1-2H3/t9?,12-,13-/m1/s1. The fourth-order valence-electron chi connectivity index (χ4n) is 2.29. The normalized spacial score (nSPS) is 23.4. The van der Waals surface area contributed by atoms with Crippen molar-refractivity contribution >= 4 is 17.5 Å². The summed E-state index contributed by atoms with van der Waals surface area (Å²) in [5, 5.41) is 13.4. The minimum atomic E-state index is -0.633. The molecule has 0 saturated carbocycles.